The monoisotopic (exact) mass is 268 g/mol. The molecule has 0 heterocycles. The summed E-state index contributed by atoms with van der Waals surface area (Å²) in [5.74, 6) is 0.151. The van der Waals surface area contributed by atoms with Crippen LogP contribution in [-0.2, 0) is 4.79 Å². The molecule has 0 bridgehead atoms. The predicted octanol–water partition coefficient (Wildman–Crippen LogP) is 2.09. The summed E-state index contributed by atoms with van der Waals surface area (Å²) in [4.78, 5) is 12.9. The number of hydrogen-bond acceptors (Lipinski definition) is 3. The highest BCUT2D eigenvalue weighted by Crippen LogP contribution is 2.20. The van der Waals surface area contributed by atoms with Gasteiger partial charge >= 0.3 is 0 Å². The van der Waals surface area contributed by atoms with Gasteiger partial charge in [-0.2, -0.15) is 0 Å². The highest BCUT2D eigenvalue weighted by atomic mass is 19.1. The maximum absolute atomic E-state index is 13.6. The maximum Gasteiger partial charge on any atom is 0.222 e. The molecular weight excluding hydrogens is 247 g/mol. The van der Waals surface area contributed by atoms with E-state index in [1.165, 1.54) is 11.0 Å². The summed E-state index contributed by atoms with van der Waals surface area (Å²) in [6, 6.07) is 4.30. The van der Waals surface area contributed by atoms with E-state index in [0.29, 0.717) is 30.8 Å². The lowest BCUT2D eigenvalue weighted by Crippen LogP contribution is -2.21. The van der Waals surface area contributed by atoms with E-state index in [2.05, 4.69) is 0 Å². The molecule has 1 aromatic carbocycles. The van der Waals surface area contributed by atoms with Crippen molar-refractivity contribution in [1.82, 2.24) is 4.90 Å². The molecule has 0 aliphatic carbocycles. The van der Waals surface area contributed by atoms with Crippen molar-refractivity contribution < 1.29 is 13.9 Å². The molecule has 0 fully saturated rings. The molecule has 0 aliphatic heterocycles. The lowest BCUT2D eigenvalue weighted by atomic mass is 10.1. The molecule has 1 amide bonds. The number of nitrogens with zero attached hydrogens (tertiary/aromatic N) is 1. The van der Waals surface area contributed by atoms with Gasteiger partial charge in [-0.1, -0.05) is 6.07 Å². The van der Waals surface area contributed by atoms with Crippen LogP contribution in [0.3, 0.4) is 0 Å². The lowest BCUT2D eigenvalue weighted by Gasteiger charge is -2.12. The van der Waals surface area contributed by atoms with Gasteiger partial charge in [0.25, 0.3) is 0 Å². The van der Waals surface area contributed by atoms with Crippen LogP contribution in [0.1, 0.15) is 31.4 Å². The fraction of sp³-hybridized carbons (Fsp3) is 0.500. The summed E-state index contributed by atoms with van der Waals surface area (Å²) in [6.45, 7) is 2.11. The van der Waals surface area contributed by atoms with E-state index in [1.807, 2.05) is 0 Å². The number of ether oxygens (including phenoxy) is 1. The van der Waals surface area contributed by atoms with Gasteiger partial charge in [-0.05, 0) is 19.4 Å². The molecule has 1 unspecified atom stereocenters. The quantitative estimate of drug-likeness (QED) is 0.804. The fourth-order valence-corrected chi connectivity index (χ4v) is 1.60. The van der Waals surface area contributed by atoms with Gasteiger partial charge < -0.3 is 15.4 Å². The predicted molar refractivity (Wildman–Crippen MR) is 72.4 cm³/mol. The molecule has 4 nitrogen and oxygen atoms in total. The molecule has 0 saturated heterocycles. The molecule has 1 rings (SSSR count). The van der Waals surface area contributed by atoms with Gasteiger partial charge in [0, 0.05) is 38.2 Å². The molecule has 0 aliphatic rings. The summed E-state index contributed by atoms with van der Waals surface area (Å²) in [5, 5.41) is 0. The largest absolute Gasteiger partial charge is 0.493 e. The number of benzene rings is 1. The molecule has 1 aromatic rings. The summed E-state index contributed by atoms with van der Waals surface area (Å²) in [5.41, 5.74) is 6.09. The second-order valence-electron chi connectivity index (χ2n) is 4.71. The smallest absolute Gasteiger partial charge is 0.222 e. The SMILES string of the molecule is CC(N)c1ccc(OCCCC(=O)N(C)C)cc1F. The molecule has 5 heteroatoms. The number of halogens is 1. The third-order valence-electron chi connectivity index (χ3n) is 2.76. The minimum atomic E-state index is -0.364. The topological polar surface area (TPSA) is 55.6 Å². The van der Waals surface area contributed by atoms with Crippen LogP contribution in [0.15, 0.2) is 18.2 Å². The normalized spacial score (nSPS) is 12.1. The number of amides is 1. The van der Waals surface area contributed by atoms with E-state index in [9.17, 15) is 9.18 Å². The van der Waals surface area contributed by atoms with Gasteiger partial charge in [0.2, 0.25) is 5.91 Å². The highest BCUT2D eigenvalue weighted by Gasteiger charge is 2.08. The second kappa shape index (κ2) is 7.09. The van der Waals surface area contributed by atoms with E-state index in [0.717, 1.165) is 0 Å². The Labute approximate surface area is 113 Å². The van der Waals surface area contributed by atoms with Crippen molar-refractivity contribution in [2.45, 2.75) is 25.8 Å². The summed E-state index contributed by atoms with van der Waals surface area (Å²) >= 11 is 0. The average Bonchev–Trinajstić information content (AvgIpc) is 2.33. The molecule has 1 atom stereocenters. The van der Waals surface area contributed by atoms with Gasteiger partial charge in [-0.3, -0.25) is 4.79 Å². The van der Waals surface area contributed by atoms with Crippen LogP contribution in [0.2, 0.25) is 0 Å². The van der Waals surface area contributed by atoms with Crippen LogP contribution in [0.4, 0.5) is 4.39 Å². The van der Waals surface area contributed by atoms with Gasteiger partial charge in [0.05, 0.1) is 6.61 Å². The van der Waals surface area contributed by atoms with Gasteiger partial charge in [-0.25, -0.2) is 4.39 Å². The Bertz CT molecular complexity index is 433. The van der Waals surface area contributed by atoms with E-state index >= 15 is 0 Å². The van der Waals surface area contributed by atoms with Gasteiger partial charge in [0.15, 0.2) is 0 Å². The summed E-state index contributed by atoms with van der Waals surface area (Å²) in [6.07, 6.45) is 1.03. The van der Waals surface area contributed by atoms with Gasteiger partial charge in [0.1, 0.15) is 11.6 Å². The van der Waals surface area contributed by atoms with Crippen LogP contribution < -0.4 is 10.5 Å². The maximum atomic E-state index is 13.6. The first-order valence-electron chi connectivity index (χ1n) is 6.29. The number of nitrogens with two attached hydrogens (primary N) is 1. The van der Waals surface area contributed by atoms with Crippen LogP contribution in [0.25, 0.3) is 0 Å². The number of carbonyl (C=O) groups is 1. The standard InChI is InChI=1S/C14H21FN2O2/c1-10(16)12-7-6-11(9-13(12)15)19-8-4-5-14(18)17(2)3/h6-7,9-10H,4-5,8,16H2,1-3H3. The minimum Gasteiger partial charge on any atom is -0.493 e. The third-order valence-corrected chi connectivity index (χ3v) is 2.76. The fourth-order valence-electron chi connectivity index (χ4n) is 1.60. The average molecular weight is 268 g/mol. The minimum absolute atomic E-state index is 0.0575. The zero-order valence-electron chi connectivity index (χ0n) is 11.6. The molecule has 0 aromatic heterocycles. The van der Waals surface area contributed by atoms with Crippen LogP contribution in [0, 0.1) is 5.82 Å². The molecular formula is C14H21FN2O2. The second-order valence-corrected chi connectivity index (χ2v) is 4.71. The van der Waals surface area contributed by atoms with E-state index < -0.39 is 0 Å². The first-order chi connectivity index (χ1) is 8.91. The first-order valence-corrected chi connectivity index (χ1v) is 6.29. The Morgan fingerprint density at radius 1 is 1.47 bits per heavy atom. The van der Waals surface area contributed by atoms with Crippen molar-refractivity contribution in [3.63, 3.8) is 0 Å². The highest BCUT2D eigenvalue weighted by molar-refractivity contribution is 5.75. The van der Waals surface area contributed by atoms with Crippen molar-refractivity contribution >= 4 is 5.91 Å². The molecule has 0 saturated carbocycles. The van der Waals surface area contributed by atoms with E-state index in [1.54, 1.807) is 33.2 Å². The summed E-state index contributed by atoms with van der Waals surface area (Å²) < 4.78 is 19.0. The van der Waals surface area contributed by atoms with Crippen molar-refractivity contribution in [2.75, 3.05) is 20.7 Å². The molecule has 106 valence electrons. The molecule has 19 heavy (non-hydrogen) atoms. The molecule has 0 spiro atoms. The van der Waals surface area contributed by atoms with E-state index in [-0.39, 0.29) is 17.8 Å². The Morgan fingerprint density at radius 2 is 2.16 bits per heavy atom. The van der Waals surface area contributed by atoms with Crippen molar-refractivity contribution in [3.8, 4) is 5.75 Å². The Kier molecular flexibility index (Phi) is 5.76. The zero-order valence-corrected chi connectivity index (χ0v) is 11.6. The van der Waals surface area contributed by atoms with Crippen LogP contribution in [0.5, 0.6) is 5.75 Å². The molecule has 2 N–H and O–H groups in total. The van der Waals surface area contributed by atoms with Crippen molar-refractivity contribution in [2.24, 2.45) is 5.73 Å². The van der Waals surface area contributed by atoms with Crippen LogP contribution >= 0.6 is 0 Å². The summed E-state index contributed by atoms with van der Waals surface area (Å²) in [7, 11) is 3.43. The van der Waals surface area contributed by atoms with Crippen LogP contribution in [-0.4, -0.2) is 31.5 Å². The molecule has 0 radical (unpaired) electrons. The lowest BCUT2D eigenvalue weighted by molar-refractivity contribution is -0.128. The van der Waals surface area contributed by atoms with E-state index in [4.69, 9.17) is 10.5 Å². The van der Waals surface area contributed by atoms with Crippen molar-refractivity contribution in [3.05, 3.63) is 29.6 Å². The number of rotatable bonds is 6. The van der Waals surface area contributed by atoms with Gasteiger partial charge in [-0.15, -0.1) is 0 Å². The number of carbonyl (C=O) groups excluding carboxylic acids is 1. The zero-order chi connectivity index (χ0) is 14.4. The first kappa shape index (κ1) is 15.4. The van der Waals surface area contributed by atoms with Crippen molar-refractivity contribution in [1.29, 1.82) is 0 Å². The number of hydrogen-bond donors (Lipinski definition) is 1. The Morgan fingerprint density at radius 3 is 2.68 bits per heavy atom. The Balaban J connectivity index is 2.42. The third kappa shape index (κ3) is 4.87. The Hall–Kier alpha value is -1.62.